The summed E-state index contributed by atoms with van der Waals surface area (Å²) in [5.41, 5.74) is 4.16. The number of anilines is 2. The monoisotopic (exact) mass is 471 g/mol. The first-order valence-corrected chi connectivity index (χ1v) is 11.7. The van der Waals surface area contributed by atoms with Gasteiger partial charge in [0.25, 0.3) is 5.91 Å². The van der Waals surface area contributed by atoms with Crippen molar-refractivity contribution in [1.82, 2.24) is 0 Å². The summed E-state index contributed by atoms with van der Waals surface area (Å²) in [4.78, 5) is 39.8. The Bertz CT molecular complexity index is 1240. The Morgan fingerprint density at radius 2 is 1.40 bits per heavy atom. The quantitative estimate of drug-likeness (QED) is 0.391. The van der Waals surface area contributed by atoms with Crippen LogP contribution in [0.25, 0.3) is 0 Å². The predicted molar refractivity (Wildman–Crippen MR) is 129 cm³/mol. The lowest BCUT2D eigenvalue weighted by molar-refractivity contribution is -0.147. The van der Waals surface area contributed by atoms with Gasteiger partial charge in [-0.3, -0.25) is 19.3 Å². The lowest BCUT2D eigenvalue weighted by Gasteiger charge is -2.24. The highest BCUT2D eigenvalue weighted by molar-refractivity contribution is 6.03. The summed E-state index contributed by atoms with van der Waals surface area (Å²) in [5, 5.41) is 0. The van der Waals surface area contributed by atoms with E-state index < -0.39 is 12.6 Å². The molecule has 5 rings (SSSR count). The molecule has 3 aromatic carbocycles. The number of nitrogens with zero attached hydrogens (tertiary/aromatic N) is 1. The SMILES string of the molecule is O=C(CCC(=O)c1ccc2c(c1)OCCO2)OCC(=O)N1c2ccccc2CCc2ccccc21. The lowest BCUT2D eigenvalue weighted by Crippen LogP contribution is -2.31. The molecular formula is C28H25NO6. The summed E-state index contributed by atoms with van der Waals surface area (Å²) >= 11 is 0. The number of benzene rings is 3. The van der Waals surface area contributed by atoms with Crippen LogP contribution in [-0.2, 0) is 27.2 Å². The Morgan fingerprint density at radius 1 is 0.771 bits per heavy atom. The molecule has 2 heterocycles. The number of amides is 1. The fraction of sp³-hybridized carbons (Fsp3) is 0.250. The van der Waals surface area contributed by atoms with Crippen LogP contribution in [0.5, 0.6) is 11.5 Å². The van der Waals surface area contributed by atoms with Crippen molar-refractivity contribution < 1.29 is 28.6 Å². The molecule has 3 aromatic rings. The minimum atomic E-state index is -0.597. The van der Waals surface area contributed by atoms with Crippen LogP contribution in [0, 0.1) is 0 Å². The number of fused-ring (bicyclic) bond motifs is 3. The minimum absolute atomic E-state index is 0.0257. The van der Waals surface area contributed by atoms with E-state index in [4.69, 9.17) is 14.2 Å². The van der Waals surface area contributed by atoms with Gasteiger partial charge in [-0.25, -0.2) is 0 Å². The standard InChI is InChI=1S/C28H25NO6/c30-24(21-11-13-25-26(17-21)34-16-15-33-25)12-14-28(32)35-18-27(31)29-22-7-3-1-5-19(22)9-10-20-6-2-4-8-23(20)29/h1-8,11,13,17H,9-10,12,14-16,18H2. The molecular weight excluding hydrogens is 446 g/mol. The van der Waals surface area contributed by atoms with E-state index in [1.54, 1.807) is 23.1 Å². The van der Waals surface area contributed by atoms with E-state index in [1.807, 2.05) is 48.5 Å². The summed E-state index contributed by atoms with van der Waals surface area (Å²) in [6, 6.07) is 20.5. The molecule has 0 spiro atoms. The van der Waals surface area contributed by atoms with Gasteiger partial charge in [0, 0.05) is 12.0 Å². The van der Waals surface area contributed by atoms with Crippen LogP contribution in [0.1, 0.15) is 34.3 Å². The van der Waals surface area contributed by atoms with Gasteiger partial charge in [-0.05, 0) is 54.3 Å². The van der Waals surface area contributed by atoms with Crippen molar-refractivity contribution in [2.75, 3.05) is 24.7 Å². The molecule has 35 heavy (non-hydrogen) atoms. The molecule has 7 nitrogen and oxygen atoms in total. The third kappa shape index (κ3) is 4.89. The molecule has 7 heteroatoms. The van der Waals surface area contributed by atoms with Crippen molar-refractivity contribution in [3.8, 4) is 11.5 Å². The molecule has 2 aliphatic rings. The highest BCUT2D eigenvalue weighted by Gasteiger charge is 2.26. The zero-order chi connectivity index (χ0) is 24.2. The van der Waals surface area contributed by atoms with Gasteiger partial charge < -0.3 is 14.2 Å². The molecule has 0 saturated carbocycles. The summed E-state index contributed by atoms with van der Waals surface area (Å²) in [6.07, 6.45) is 1.49. The first kappa shape index (κ1) is 22.7. The van der Waals surface area contributed by atoms with E-state index in [9.17, 15) is 14.4 Å². The van der Waals surface area contributed by atoms with Crippen LogP contribution in [0.15, 0.2) is 66.7 Å². The molecule has 0 aromatic heterocycles. The van der Waals surface area contributed by atoms with E-state index in [0.29, 0.717) is 30.3 Å². The van der Waals surface area contributed by atoms with Gasteiger partial charge in [-0.15, -0.1) is 0 Å². The summed E-state index contributed by atoms with van der Waals surface area (Å²) in [6.45, 7) is 0.496. The third-order valence-electron chi connectivity index (χ3n) is 6.16. The maximum atomic E-state index is 13.2. The van der Waals surface area contributed by atoms with E-state index in [0.717, 1.165) is 35.3 Å². The van der Waals surface area contributed by atoms with Gasteiger partial charge in [0.1, 0.15) is 13.2 Å². The molecule has 1 amide bonds. The number of hydrogen-bond donors (Lipinski definition) is 0. The molecule has 0 radical (unpaired) electrons. The predicted octanol–water partition coefficient (Wildman–Crippen LogP) is 4.43. The number of ketones is 1. The summed E-state index contributed by atoms with van der Waals surface area (Å²) < 4.78 is 16.3. The molecule has 0 saturated heterocycles. The van der Waals surface area contributed by atoms with E-state index in [2.05, 4.69) is 0 Å². The van der Waals surface area contributed by atoms with Crippen molar-refractivity contribution in [3.63, 3.8) is 0 Å². The summed E-state index contributed by atoms with van der Waals surface area (Å²) in [7, 11) is 0. The molecule has 178 valence electrons. The topological polar surface area (TPSA) is 82.1 Å². The van der Waals surface area contributed by atoms with E-state index in [-0.39, 0.29) is 24.5 Å². The van der Waals surface area contributed by atoms with E-state index in [1.165, 1.54) is 0 Å². The van der Waals surface area contributed by atoms with E-state index >= 15 is 0 Å². The van der Waals surface area contributed by atoms with Gasteiger partial charge >= 0.3 is 5.97 Å². The molecule has 0 atom stereocenters. The lowest BCUT2D eigenvalue weighted by atomic mass is 10.0. The second-order valence-corrected chi connectivity index (χ2v) is 8.43. The maximum Gasteiger partial charge on any atom is 0.306 e. The Labute approximate surface area is 203 Å². The number of esters is 1. The van der Waals surface area contributed by atoms with Gasteiger partial charge in [0.2, 0.25) is 0 Å². The smallest absolute Gasteiger partial charge is 0.306 e. The average molecular weight is 472 g/mol. The molecule has 0 unspecified atom stereocenters. The van der Waals surface area contributed by atoms with Crippen molar-refractivity contribution >= 4 is 29.0 Å². The largest absolute Gasteiger partial charge is 0.486 e. The second kappa shape index (κ2) is 10.0. The van der Waals surface area contributed by atoms with Crippen LogP contribution < -0.4 is 14.4 Å². The number of para-hydroxylation sites is 2. The first-order chi connectivity index (χ1) is 17.1. The number of carbonyl (C=O) groups excluding carboxylic acids is 3. The van der Waals surface area contributed by atoms with Crippen LogP contribution >= 0.6 is 0 Å². The molecule has 0 fully saturated rings. The van der Waals surface area contributed by atoms with Crippen molar-refractivity contribution in [3.05, 3.63) is 83.4 Å². The number of ether oxygens (including phenoxy) is 3. The zero-order valence-corrected chi connectivity index (χ0v) is 19.2. The van der Waals surface area contributed by atoms with Crippen molar-refractivity contribution in [2.24, 2.45) is 0 Å². The van der Waals surface area contributed by atoms with Crippen LogP contribution in [0.3, 0.4) is 0 Å². The number of aryl methyl sites for hydroxylation is 2. The van der Waals surface area contributed by atoms with Crippen molar-refractivity contribution in [2.45, 2.75) is 25.7 Å². The third-order valence-corrected chi connectivity index (χ3v) is 6.16. The molecule has 0 N–H and O–H groups in total. The van der Waals surface area contributed by atoms with Crippen molar-refractivity contribution in [1.29, 1.82) is 0 Å². The number of carbonyl (C=O) groups is 3. The first-order valence-electron chi connectivity index (χ1n) is 11.7. The Morgan fingerprint density at radius 3 is 2.09 bits per heavy atom. The van der Waals surface area contributed by atoms with Gasteiger partial charge in [-0.2, -0.15) is 0 Å². The highest BCUT2D eigenvalue weighted by atomic mass is 16.6. The number of rotatable bonds is 6. The maximum absolute atomic E-state index is 13.2. The fourth-order valence-electron chi connectivity index (χ4n) is 4.40. The Kier molecular flexibility index (Phi) is 6.48. The summed E-state index contributed by atoms with van der Waals surface area (Å²) in [5.74, 6) is -0.0183. The second-order valence-electron chi connectivity index (χ2n) is 8.43. The zero-order valence-electron chi connectivity index (χ0n) is 19.2. The van der Waals surface area contributed by atoms with Gasteiger partial charge in [-0.1, -0.05) is 36.4 Å². The number of Topliss-reactive ketones (excluding diaryl/α,β-unsaturated/α-hetero) is 1. The minimum Gasteiger partial charge on any atom is -0.486 e. The Hall–Kier alpha value is -4.13. The molecule has 0 aliphatic carbocycles. The molecule has 0 bridgehead atoms. The van der Waals surface area contributed by atoms with Crippen LogP contribution in [-0.4, -0.2) is 37.5 Å². The van der Waals surface area contributed by atoms with Gasteiger partial charge in [0.15, 0.2) is 23.9 Å². The fourth-order valence-corrected chi connectivity index (χ4v) is 4.40. The molecule has 2 aliphatic heterocycles. The van der Waals surface area contributed by atoms with Crippen LogP contribution in [0.2, 0.25) is 0 Å². The van der Waals surface area contributed by atoms with Crippen LogP contribution in [0.4, 0.5) is 11.4 Å². The van der Waals surface area contributed by atoms with Gasteiger partial charge in [0.05, 0.1) is 17.8 Å². The number of hydrogen-bond acceptors (Lipinski definition) is 6. The Balaban J connectivity index is 1.21. The highest BCUT2D eigenvalue weighted by Crippen LogP contribution is 2.36. The average Bonchev–Trinajstić information content (AvgIpc) is 3.07. The normalized spacial score (nSPS) is 13.8.